The van der Waals surface area contributed by atoms with Crippen LogP contribution in [0.5, 0.6) is 0 Å². The molecule has 26 heavy (non-hydrogen) atoms. The first-order valence-corrected chi connectivity index (χ1v) is 8.23. The SMILES string of the molecule is Bc1cccc([N+](=O)[O-])c1CC(=O)N1C(=O)OC[C@@H]1Cc1ccccc1. The molecule has 8 heteroatoms. The quantitative estimate of drug-likeness (QED) is 0.455. The van der Waals surface area contributed by atoms with Crippen LogP contribution in [0.15, 0.2) is 48.5 Å². The highest BCUT2D eigenvalue weighted by atomic mass is 16.6. The fraction of sp³-hybridized carbons (Fsp3) is 0.222. The summed E-state index contributed by atoms with van der Waals surface area (Å²) in [4.78, 5) is 36.6. The van der Waals surface area contributed by atoms with Crippen LogP contribution in [0.3, 0.4) is 0 Å². The molecule has 1 aliphatic heterocycles. The van der Waals surface area contributed by atoms with Crippen molar-refractivity contribution in [3.8, 4) is 0 Å². The Morgan fingerprint density at radius 3 is 2.65 bits per heavy atom. The van der Waals surface area contributed by atoms with E-state index in [1.54, 1.807) is 20.0 Å². The lowest BCUT2D eigenvalue weighted by Gasteiger charge is -2.20. The topological polar surface area (TPSA) is 89.8 Å². The second-order valence-electron chi connectivity index (χ2n) is 6.19. The van der Waals surface area contributed by atoms with E-state index < -0.39 is 23.0 Å². The summed E-state index contributed by atoms with van der Waals surface area (Å²) in [5, 5.41) is 11.2. The summed E-state index contributed by atoms with van der Waals surface area (Å²) in [6.45, 7) is 0.120. The fourth-order valence-electron chi connectivity index (χ4n) is 3.13. The summed E-state index contributed by atoms with van der Waals surface area (Å²) in [7, 11) is 1.71. The van der Waals surface area contributed by atoms with Crippen LogP contribution in [-0.4, -0.2) is 42.3 Å². The first-order chi connectivity index (χ1) is 12.5. The van der Waals surface area contributed by atoms with E-state index in [-0.39, 0.29) is 18.7 Å². The Morgan fingerprint density at radius 1 is 1.23 bits per heavy atom. The van der Waals surface area contributed by atoms with E-state index in [9.17, 15) is 19.7 Å². The van der Waals surface area contributed by atoms with Crippen molar-refractivity contribution in [2.75, 3.05) is 6.61 Å². The van der Waals surface area contributed by atoms with Gasteiger partial charge in [0.05, 0.1) is 17.4 Å². The molecular weight excluding hydrogens is 335 g/mol. The Hall–Kier alpha value is -3.16. The number of rotatable bonds is 5. The van der Waals surface area contributed by atoms with Gasteiger partial charge in [0, 0.05) is 11.6 Å². The normalized spacial score (nSPS) is 16.4. The van der Waals surface area contributed by atoms with Crippen LogP contribution >= 0.6 is 0 Å². The number of nitro groups is 1. The molecule has 2 aromatic carbocycles. The maximum atomic E-state index is 12.8. The van der Waals surface area contributed by atoms with E-state index >= 15 is 0 Å². The largest absolute Gasteiger partial charge is 0.447 e. The van der Waals surface area contributed by atoms with E-state index in [0.29, 0.717) is 17.4 Å². The minimum absolute atomic E-state index is 0.120. The van der Waals surface area contributed by atoms with Crippen molar-refractivity contribution in [1.82, 2.24) is 4.90 Å². The molecule has 0 N–H and O–H groups in total. The van der Waals surface area contributed by atoms with Crippen LogP contribution in [0.2, 0.25) is 0 Å². The summed E-state index contributed by atoms with van der Waals surface area (Å²) in [5.41, 5.74) is 1.82. The first kappa shape index (κ1) is 17.7. The summed E-state index contributed by atoms with van der Waals surface area (Å²) >= 11 is 0. The molecule has 7 nitrogen and oxygen atoms in total. The third kappa shape index (κ3) is 3.59. The number of hydrogen-bond acceptors (Lipinski definition) is 5. The Balaban J connectivity index is 1.82. The zero-order chi connectivity index (χ0) is 18.7. The molecule has 2 aromatic rings. The fourth-order valence-corrected chi connectivity index (χ4v) is 3.13. The predicted octanol–water partition coefficient (Wildman–Crippen LogP) is 0.986. The van der Waals surface area contributed by atoms with Crippen molar-refractivity contribution in [3.05, 3.63) is 69.8 Å². The van der Waals surface area contributed by atoms with Gasteiger partial charge in [-0.1, -0.05) is 47.9 Å². The molecule has 0 aromatic heterocycles. The van der Waals surface area contributed by atoms with Crippen LogP contribution < -0.4 is 5.46 Å². The molecule has 0 unspecified atom stereocenters. The van der Waals surface area contributed by atoms with E-state index in [4.69, 9.17) is 4.74 Å². The molecule has 0 aliphatic carbocycles. The average molecular weight is 352 g/mol. The molecule has 0 radical (unpaired) electrons. The van der Waals surface area contributed by atoms with Crippen LogP contribution in [-0.2, 0) is 22.4 Å². The molecule has 1 fully saturated rings. The number of cyclic esters (lactones) is 1. The Kier molecular flexibility index (Phi) is 5.02. The number of ether oxygens (including phenoxy) is 1. The minimum atomic E-state index is -0.702. The van der Waals surface area contributed by atoms with Gasteiger partial charge >= 0.3 is 6.09 Å². The minimum Gasteiger partial charge on any atom is -0.447 e. The van der Waals surface area contributed by atoms with Crippen molar-refractivity contribution in [1.29, 1.82) is 0 Å². The van der Waals surface area contributed by atoms with Gasteiger partial charge in [-0.15, -0.1) is 0 Å². The van der Waals surface area contributed by atoms with Crippen LogP contribution in [0.1, 0.15) is 11.1 Å². The lowest BCUT2D eigenvalue weighted by molar-refractivity contribution is -0.385. The smallest absolute Gasteiger partial charge is 0.416 e. The van der Waals surface area contributed by atoms with Crippen molar-refractivity contribution >= 4 is 31.0 Å². The molecule has 1 atom stereocenters. The lowest BCUT2D eigenvalue weighted by Crippen LogP contribution is -2.41. The van der Waals surface area contributed by atoms with E-state index in [1.807, 2.05) is 30.3 Å². The maximum absolute atomic E-state index is 12.8. The van der Waals surface area contributed by atoms with Crippen molar-refractivity contribution < 1.29 is 19.2 Å². The van der Waals surface area contributed by atoms with Gasteiger partial charge in [-0.05, 0) is 12.0 Å². The van der Waals surface area contributed by atoms with Crippen molar-refractivity contribution in [2.24, 2.45) is 0 Å². The van der Waals surface area contributed by atoms with Gasteiger partial charge < -0.3 is 4.74 Å². The van der Waals surface area contributed by atoms with Crippen molar-refractivity contribution in [2.45, 2.75) is 18.9 Å². The Bertz CT molecular complexity index is 856. The number of benzene rings is 2. The average Bonchev–Trinajstić information content (AvgIpc) is 2.97. The lowest BCUT2D eigenvalue weighted by atomic mass is 9.87. The summed E-state index contributed by atoms with van der Waals surface area (Å²) in [5.74, 6) is -0.495. The third-order valence-electron chi connectivity index (χ3n) is 4.45. The molecule has 0 bridgehead atoms. The van der Waals surface area contributed by atoms with E-state index in [0.717, 1.165) is 10.5 Å². The Labute approximate surface area is 151 Å². The van der Waals surface area contributed by atoms with Gasteiger partial charge in [0.2, 0.25) is 5.91 Å². The monoisotopic (exact) mass is 352 g/mol. The highest BCUT2D eigenvalue weighted by Crippen LogP contribution is 2.21. The highest BCUT2D eigenvalue weighted by molar-refractivity contribution is 6.34. The van der Waals surface area contributed by atoms with Gasteiger partial charge in [-0.3, -0.25) is 14.9 Å². The molecule has 1 aliphatic rings. The zero-order valence-electron chi connectivity index (χ0n) is 14.3. The van der Waals surface area contributed by atoms with Crippen LogP contribution in [0.25, 0.3) is 0 Å². The summed E-state index contributed by atoms with van der Waals surface area (Å²) in [6.07, 6.45) is -0.440. The number of hydrogen-bond donors (Lipinski definition) is 0. The Morgan fingerprint density at radius 2 is 1.96 bits per heavy atom. The first-order valence-electron chi connectivity index (χ1n) is 8.23. The molecule has 1 saturated heterocycles. The van der Waals surface area contributed by atoms with Gasteiger partial charge in [0.25, 0.3) is 5.69 Å². The molecule has 1 heterocycles. The molecule has 132 valence electrons. The molecular formula is C18H17BN2O5. The number of nitrogens with zero attached hydrogens (tertiary/aromatic N) is 2. The van der Waals surface area contributed by atoms with Gasteiger partial charge in [-0.2, -0.15) is 0 Å². The van der Waals surface area contributed by atoms with Gasteiger partial charge in [0.1, 0.15) is 14.5 Å². The third-order valence-corrected chi connectivity index (χ3v) is 4.45. The number of carbonyl (C=O) groups is 2. The highest BCUT2D eigenvalue weighted by Gasteiger charge is 2.38. The predicted molar refractivity (Wildman–Crippen MR) is 97.1 cm³/mol. The molecule has 0 saturated carbocycles. The molecule has 0 spiro atoms. The number of carbonyl (C=O) groups excluding carboxylic acids is 2. The van der Waals surface area contributed by atoms with Crippen LogP contribution in [0.4, 0.5) is 10.5 Å². The zero-order valence-corrected chi connectivity index (χ0v) is 14.3. The number of amides is 2. The maximum Gasteiger partial charge on any atom is 0.416 e. The van der Waals surface area contributed by atoms with Gasteiger partial charge in [0.15, 0.2) is 0 Å². The number of nitro benzene ring substituents is 1. The second-order valence-corrected chi connectivity index (χ2v) is 6.19. The number of imide groups is 1. The van der Waals surface area contributed by atoms with E-state index in [1.165, 1.54) is 6.07 Å². The van der Waals surface area contributed by atoms with Crippen LogP contribution in [0, 0.1) is 10.1 Å². The second kappa shape index (κ2) is 7.39. The van der Waals surface area contributed by atoms with Gasteiger partial charge in [-0.25, -0.2) is 9.69 Å². The standard InChI is InChI=1S/C18H17BN2O5/c19-15-7-4-8-16(21(24)25)14(15)10-17(22)20-13(11-26-18(20)23)9-12-5-2-1-3-6-12/h1-8,13H,9-11,19H2/t13-/m0/s1. The summed E-state index contributed by atoms with van der Waals surface area (Å²) in [6, 6.07) is 13.7. The molecule has 2 amide bonds. The molecule has 3 rings (SSSR count). The summed E-state index contributed by atoms with van der Waals surface area (Å²) < 4.78 is 5.05. The van der Waals surface area contributed by atoms with Crippen molar-refractivity contribution in [3.63, 3.8) is 0 Å². The van der Waals surface area contributed by atoms with E-state index in [2.05, 4.69) is 0 Å².